The standard InChI is InChI=1S/C40H50N6O4/c1-27-11-9-14-32(42-27)26-45-21-22-46(39(45)49)37(40(2,3)4)38(48)44-34(24-28-12-7-6-8-13-28)35(47)25-31(41)23-29-17-19-30(20-18-29)33-15-10-16-36(43-33)50-5/h6-20,31,34-35,37,47H,21-26,41H2,1-5H3,(H,44,48)/t31-,34-,35-,37+/m0/s1. The molecule has 4 N–H and O–H groups in total. The first-order valence-corrected chi connectivity index (χ1v) is 17.3. The lowest BCUT2D eigenvalue weighted by Crippen LogP contribution is -2.58. The number of carbonyl (C=O) groups is 2. The lowest BCUT2D eigenvalue weighted by molar-refractivity contribution is -0.130. The first kappa shape index (κ1) is 36.5. The van der Waals surface area contributed by atoms with Crippen molar-refractivity contribution < 1.29 is 19.4 Å². The Hall–Kier alpha value is -4.80. The number of nitrogens with one attached hydrogen (secondary N) is 1. The summed E-state index contributed by atoms with van der Waals surface area (Å²) in [4.78, 5) is 40.4. The number of hydrogen-bond acceptors (Lipinski definition) is 7. The van der Waals surface area contributed by atoms with Crippen molar-refractivity contribution in [2.75, 3.05) is 20.2 Å². The zero-order valence-electron chi connectivity index (χ0n) is 29.8. The maximum atomic E-state index is 14.2. The Morgan fingerprint density at radius 1 is 0.920 bits per heavy atom. The van der Waals surface area contributed by atoms with Gasteiger partial charge in [0, 0.05) is 36.5 Å². The second-order valence-corrected chi connectivity index (χ2v) is 14.3. The van der Waals surface area contributed by atoms with Gasteiger partial charge in [0.25, 0.3) is 0 Å². The van der Waals surface area contributed by atoms with Crippen LogP contribution >= 0.6 is 0 Å². The number of aromatic nitrogens is 2. The highest BCUT2D eigenvalue weighted by Gasteiger charge is 2.44. The number of methoxy groups -OCH3 is 1. The number of aliphatic hydroxyl groups is 1. The highest BCUT2D eigenvalue weighted by Crippen LogP contribution is 2.29. The molecule has 5 rings (SSSR count). The van der Waals surface area contributed by atoms with E-state index in [1.165, 1.54) is 0 Å². The summed E-state index contributed by atoms with van der Waals surface area (Å²) in [5, 5.41) is 14.8. The zero-order valence-corrected chi connectivity index (χ0v) is 29.8. The quantitative estimate of drug-likeness (QED) is 0.168. The average Bonchev–Trinajstić information content (AvgIpc) is 3.42. The molecule has 1 aliphatic heterocycles. The van der Waals surface area contributed by atoms with Gasteiger partial charge < -0.3 is 30.7 Å². The van der Waals surface area contributed by atoms with Gasteiger partial charge in [0.1, 0.15) is 6.04 Å². The Morgan fingerprint density at radius 2 is 1.62 bits per heavy atom. The molecule has 0 bridgehead atoms. The number of ether oxygens (including phenoxy) is 1. The highest BCUT2D eigenvalue weighted by atomic mass is 16.5. The molecule has 1 aliphatic rings. The number of benzene rings is 2. The van der Waals surface area contributed by atoms with Crippen LogP contribution in [0.5, 0.6) is 5.88 Å². The Kier molecular flexibility index (Phi) is 11.9. The Bertz CT molecular complexity index is 1730. The average molecular weight is 679 g/mol. The van der Waals surface area contributed by atoms with E-state index < -0.39 is 23.6 Å². The molecular formula is C40H50N6O4. The Balaban J connectivity index is 1.27. The van der Waals surface area contributed by atoms with Crippen LogP contribution in [-0.2, 0) is 24.2 Å². The van der Waals surface area contributed by atoms with Gasteiger partial charge in [-0.15, -0.1) is 0 Å². The van der Waals surface area contributed by atoms with Crippen LogP contribution in [0.4, 0.5) is 4.79 Å². The van der Waals surface area contributed by atoms with Gasteiger partial charge in [-0.2, -0.15) is 0 Å². The summed E-state index contributed by atoms with van der Waals surface area (Å²) in [6, 6.07) is 27.3. The van der Waals surface area contributed by atoms with Crippen molar-refractivity contribution in [3.05, 3.63) is 114 Å². The zero-order chi connectivity index (χ0) is 35.8. The summed E-state index contributed by atoms with van der Waals surface area (Å²) in [6.07, 6.45) is 0.316. The molecule has 2 aromatic heterocycles. The summed E-state index contributed by atoms with van der Waals surface area (Å²) < 4.78 is 5.26. The predicted octanol–water partition coefficient (Wildman–Crippen LogP) is 5.16. The van der Waals surface area contributed by atoms with Crippen LogP contribution < -0.4 is 15.8 Å². The number of amides is 3. The number of aliphatic hydroxyl groups excluding tert-OH is 1. The molecule has 2 aromatic carbocycles. The van der Waals surface area contributed by atoms with Crippen molar-refractivity contribution in [2.24, 2.45) is 11.1 Å². The van der Waals surface area contributed by atoms with Gasteiger partial charge in [0.2, 0.25) is 11.8 Å². The van der Waals surface area contributed by atoms with Crippen molar-refractivity contribution in [2.45, 2.75) is 77.7 Å². The first-order chi connectivity index (χ1) is 23.9. The van der Waals surface area contributed by atoms with Gasteiger partial charge in [-0.3, -0.25) is 9.78 Å². The van der Waals surface area contributed by atoms with E-state index in [1.807, 2.05) is 119 Å². The summed E-state index contributed by atoms with van der Waals surface area (Å²) in [5.74, 6) is 0.259. The van der Waals surface area contributed by atoms with Gasteiger partial charge >= 0.3 is 6.03 Å². The van der Waals surface area contributed by atoms with Crippen molar-refractivity contribution in [1.29, 1.82) is 0 Å². The maximum Gasteiger partial charge on any atom is 0.321 e. The molecule has 10 nitrogen and oxygen atoms in total. The number of nitrogens with zero attached hydrogens (tertiary/aromatic N) is 4. The van der Waals surface area contributed by atoms with Crippen LogP contribution in [0.2, 0.25) is 0 Å². The fraction of sp³-hybridized carbons (Fsp3) is 0.400. The van der Waals surface area contributed by atoms with Crippen molar-refractivity contribution in [1.82, 2.24) is 25.1 Å². The van der Waals surface area contributed by atoms with E-state index >= 15 is 0 Å². The molecule has 50 heavy (non-hydrogen) atoms. The SMILES string of the molecule is COc1cccc(-c2ccc(C[C@H](N)C[C@H](O)[C@H](Cc3ccccc3)NC(=O)[C@@H](N3CCN(Cc4cccc(C)n4)C3=O)C(C)(C)C)cc2)n1. The van der Waals surface area contributed by atoms with E-state index in [9.17, 15) is 14.7 Å². The van der Waals surface area contributed by atoms with Gasteiger partial charge in [-0.1, -0.05) is 87.5 Å². The number of hydrogen-bond donors (Lipinski definition) is 3. The second-order valence-electron chi connectivity index (χ2n) is 14.3. The minimum atomic E-state index is -0.923. The van der Waals surface area contributed by atoms with Crippen LogP contribution in [0.15, 0.2) is 91.0 Å². The van der Waals surface area contributed by atoms with Crippen molar-refractivity contribution >= 4 is 11.9 Å². The van der Waals surface area contributed by atoms with E-state index in [0.717, 1.165) is 33.8 Å². The lowest BCUT2D eigenvalue weighted by atomic mass is 9.84. The molecule has 0 aliphatic carbocycles. The molecule has 1 fully saturated rings. The minimum Gasteiger partial charge on any atom is -0.481 e. The molecule has 4 aromatic rings. The van der Waals surface area contributed by atoms with Crippen molar-refractivity contribution in [3.63, 3.8) is 0 Å². The Labute approximate surface area is 295 Å². The second kappa shape index (κ2) is 16.3. The molecular weight excluding hydrogens is 628 g/mol. The molecule has 0 spiro atoms. The maximum absolute atomic E-state index is 14.2. The van der Waals surface area contributed by atoms with Gasteiger partial charge in [-0.05, 0) is 60.9 Å². The Morgan fingerprint density at radius 3 is 2.30 bits per heavy atom. The van der Waals surface area contributed by atoms with Crippen LogP contribution in [0.25, 0.3) is 11.3 Å². The number of rotatable bonds is 14. The van der Waals surface area contributed by atoms with Gasteiger partial charge in [-0.25, -0.2) is 9.78 Å². The van der Waals surface area contributed by atoms with Crippen molar-refractivity contribution in [3.8, 4) is 17.1 Å². The summed E-state index contributed by atoms with van der Waals surface area (Å²) in [7, 11) is 1.59. The lowest BCUT2D eigenvalue weighted by Gasteiger charge is -2.38. The summed E-state index contributed by atoms with van der Waals surface area (Å²) in [5.41, 5.74) is 11.6. The predicted molar refractivity (Wildman–Crippen MR) is 195 cm³/mol. The molecule has 264 valence electrons. The highest BCUT2D eigenvalue weighted by molar-refractivity contribution is 5.89. The fourth-order valence-electron chi connectivity index (χ4n) is 6.65. The third-order valence-corrected chi connectivity index (χ3v) is 9.12. The van der Waals surface area contributed by atoms with Gasteiger partial charge in [0.05, 0.1) is 37.2 Å². The molecule has 4 atom stereocenters. The number of nitrogens with two attached hydrogens (primary N) is 1. The van der Waals surface area contributed by atoms with Crippen LogP contribution in [0.1, 0.15) is 49.7 Å². The molecule has 3 amide bonds. The van der Waals surface area contributed by atoms with Crippen LogP contribution in [-0.4, -0.2) is 81.2 Å². The number of aryl methyl sites for hydroxylation is 1. The number of carbonyl (C=O) groups excluding carboxylic acids is 2. The van der Waals surface area contributed by atoms with E-state index in [-0.39, 0.29) is 24.4 Å². The smallest absolute Gasteiger partial charge is 0.321 e. The number of pyridine rings is 2. The summed E-state index contributed by atoms with van der Waals surface area (Å²) >= 11 is 0. The minimum absolute atomic E-state index is 0.196. The molecule has 3 heterocycles. The largest absolute Gasteiger partial charge is 0.481 e. The van der Waals surface area contributed by atoms with Crippen LogP contribution in [0, 0.1) is 12.3 Å². The van der Waals surface area contributed by atoms with Gasteiger partial charge in [0.15, 0.2) is 0 Å². The third kappa shape index (κ3) is 9.46. The first-order valence-electron chi connectivity index (χ1n) is 17.3. The third-order valence-electron chi connectivity index (χ3n) is 9.12. The number of urea groups is 1. The molecule has 0 saturated carbocycles. The molecule has 10 heteroatoms. The van der Waals surface area contributed by atoms with E-state index in [2.05, 4.69) is 15.3 Å². The summed E-state index contributed by atoms with van der Waals surface area (Å²) in [6.45, 7) is 9.10. The van der Waals surface area contributed by atoms with E-state index in [0.29, 0.717) is 38.4 Å². The molecule has 0 unspecified atom stereocenters. The monoisotopic (exact) mass is 678 g/mol. The molecule has 0 radical (unpaired) electrons. The normalized spacial score (nSPS) is 15.8. The molecule has 1 saturated heterocycles. The fourth-order valence-corrected chi connectivity index (χ4v) is 6.65. The van der Waals surface area contributed by atoms with E-state index in [4.69, 9.17) is 10.5 Å². The van der Waals surface area contributed by atoms with E-state index in [1.54, 1.807) is 16.9 Å². The van der Waals surface area contributed by atoms with Crippen LogP contribution in [0.3, 0.4) is 0 Å². The topological polar surface area (TPSA) is 134 Å².